The van der Waals surface area contributed by atoms with Crippen LogP contribution in [0.4, 0.5) is 5.69 Å². The van der Waals surface area contributed by atoms with Gasteiger partial charge in [0, 0.05) is 48.7 Å². The number of ether oxygens (including phenoxy) is 1. The predicted molar refractivity (Wildman–Crippen MR) is 147 cm³/mol. The maximum atomic E-state index is 9.04. The number of hydrogen-bond donors (Lipinski definition) is 1. The first-order valence-electron chi connectivity index (χ1n) is 11.5. The van der Waals surface area contributed by atoms with Crippen LogP contribution in [0, 0.1) is 11.3 Å². The largest absolute Gasteiger partial charge is 0.497 e. The van der Waals surface area contributed by atoms with Crippen molar-refractivity contribution in [2.24, 2.45) is 0 Å². The number of hydrogen-bond acceptors (Lipinski definition) is 4. The van der Waals surface area contributed by atoms with Gasteiger partial charge in [0.05, 0.1) is 25.1 Å². The number of nitrogens with one attached hydrogen (secondary N) is 1. The van der Waals surface area contributed by atoms with Crippen molar-refractivity contribution < 1.29 is 4.74 Å². The number of imidazole rings is 1. The second kappa shape index (κ2) is 12.2. The fraction of sp³-hybridized carbons (Fsp3) is 0.179. The number of rotatable bonds is 9. The summed E-state index contributed by atoms with van der Waals surface area (Å²) in [6.07, 6.45) is 4.48. The molecule has 0 saturated carbocycles. The van der Waals surface area contributed by atoms with Crippen LogP contribution in [0.1, 0.15) is 22.4 Å². The van der Waals surface area contributed by atoms with Crippen LogP contribution in [0.25, 0.3) is 0 Å². The van der Waals surface area contributed by atoms with E-state index in [1.54, 1.807) is 7.11 Å². The third-order valence-corrected chi connectivity index (χ3v) is 6.36. The molecule has 3 aromatic carbocycles. The summed E-state index contributed by atoms with van der Waals surface area (Å²) < 4.78 is 7.37. The molecule has 0 amide bonds. The van der Waals surface area contributed by atoms with E-state index in [1.807, 2.05) is 85.3 Å². The first-order valence-corrected chi connectivity index (χ1v) is 12.2. The molecule has 0 saturated heterocycles. The fourth-order valence-corrected chi connectivity index (χ4v) is 4.30. The normalized spacial score (nSPS) is 10.5. The molecular weight excluding hydrogens is 490 g/mol. The second-order valence-electron chi connectivity index (χ2n) is 8.28. The van der Waals surface area contributed by atoms with Gasteiger partial charge in [0.1, 0.15) is 5.75 Å². The molecule has 36 heavy (non-hydrogen) atoms. The van der Waals surface area contributed by atoms with Gasteiger partial charge < -0.3 is 19.5 Å². The molecule has 8 heteroatoms. The zero-order valence-corrected chi connectivity index (χ0v) is 21.5. The van der Waals surface area contributed by atoms with Gasteiger partial charge in [-0.05, 0) is 71.9 Å². The van der Waals surface area contributed by atoms with Crippen LogP contribution in [0.3, 0.4) is 0 Å². The van der Waals surface area contributed by atoms with Crippen LogP contribution >= 0.6 is 23.8 Å². The minimum atomic E-state index is 0.617. The molecule has 1 N–H and O–H groups in total. The quantitative estimate of drug-likeness (QED) is 0.280. The van der Waals surface area contributed by atoms with Gasteiger partial charge in [-0.1, -0.05) is 35.9 Å². The molecule has 0 atom stereocenters. The Morgan fingerprint density at radius 3 is 2.58 bits per heavy atom. The van der Waals surface area contributed by atoms with E-state index in [0.29, 0.717) is 35.3 Å². The summed E-state index contributed by atoms with van der Waals surface area (Å²) in [6, 6.07) is 25.3. The van der Waals surface area contributed by atoms with E-state index in [1.165, 1.54) is 0 Å². The SMILES string of the molecule is COc1ccc(NC(=S)N(CCc2cncn2Cc2ccc(C#N)cc2)Cc2cccc(Cl)c2)cc1. The van der Waals surface area contributed by atoms with Crippen molar-refractivity contribution in [2.75, 3.05) is 19.0 Å². The fourth-order valence-electron chi connectivity index (χ4n) is 3.81. The number of anilines is 1. The summed E-state index contributed by atoms with van der Waals surface area (Å²) in [5.41, 5.74) is 4.83. The molecule has 182 valence electrons. The van der Waals surface area contributed by atoms with Gasteiger partial charge in [-0.25, -0.2) is 4.98 Å². The standard InChI is InChI=1S/C28H26ClN5OS/c1-35-27-11-9-25(10-12-27)32-28(36)33(19-23-3-2-4-24(29)15-23)14-13-26-17-31-20-34(26)18-22-7-5-21(16-30)6-8-22/h2-12,15,17,20H,13-14,18-19H2,1H3,(H,32,36). The topological polar surface area (TPSA) is 66.1 Å². The highest BCUT2D eigenvalue weighted by atomic mass is 35.5. The maximum absolute atomic E-state index is 9.04. The van der Waals surface area contributed by atoms with Gasteiger partial charge in [-0.2, -0.15) is 5.26 Å². The number of nitriles is 1. The van der Waals surface area contributed by atoms with Gasteiger partial charge in [0.25, 0.3) is 0 Å². The van der Waals surface area contributed by atoms with Crippen LogP contribution in [0.2, 0.25) is 5.02 Å². The highest BCUT2D eigenvalue weighted by molar-refractivity contribution is 7.80. The highest BCUT2D eigenvalue weighted by Gasteiger charge is 2.14. The summed E-state index contributed by atoms with van der Waals surface area (Å²) in [5.74, 6) is 0.790. The Morgan fingerprint density at radius 1 is 1.11 bits per heavy atom. The van der Waals surface area contributed by atoms with E-state index >= 15 is 0 Å². The lowest BCUT2D eigenvalue weighted by molar-refractivity contribution is 0.414. The number of thiocarbonyl (C=S) groups is 1. The maximum Gasteiger partial charge on any atom is 0.173 e. The predicted octanol–water partition coefficient (Wildman–Crippen LogP) is 5.91. The third-order valence-electron chi connectivity index (χ3n) is 5.76. The molecule has 0 aliphatic heterocycles. The van der Waals surface area contributed by atoms with Gasteiger partial charge in [-0.15, -0.1) is 0 Å². The molecule has 0 fully saturated rings. The van der Waals surface area contributed by atoms with Crippen LogP contribution < -0.4 is 10.1 Å². The van der Waals surface area contributed by atoms with Crippen molar-refractivity contribution >= 4 is 34.6 Å². The van der Waals surface area contributed by atoms with E-state index in [9.17, 15) is 0 Å². The molecule has 6 nitrogen and oxygen atoms in total. The summed E-state index contributed by atoms with van der Waals surface area (Å²) in [7, 11) is 1.64. The zero-order valence-electron chi connectivity index (χ0n) is 19.9. The third kappa shape index (κ3) is 6.85. The van der Waals surface area contributed by atoms with E-state index < -0.39 is 0 Å². The van der Waals surface area contributed by atoms with E-state index in [2.05, 4.69) is 25.8 Å². The first-order chi connectivity index (χ1) is 17.5. The Kier molecular flexibility index (Phi) is 8.56. The monoisotopic (exact) mass is 515 g/mol. The van der Waals surface area contributed by atoms with Gasteiger partial charge in [-0.3, -0.25) is 0 Å². The summed E-state index contributed by atoms with van der Waals surface area (Å²) in [4.78, 5) is 6.50. The van der Waals surface area contributed by atoms with E-state index in [0.717, 1.165) is 34.7 Å². The van der Waals surface area contributed by atoms with Gasteiger partial charge in [0.15, 0.2) is 5.11 Å². The van der Waals surface area contributed by atoms with Gasteiger partial charge in [0.2, 0.25) is 0 Å². The molecule has 1 heterocycles. The highest BCUT2D eigenvalue weighted by Crippen LogP contribution is 2.18. The molecule has 0 spiro atoms. The van der Waals surface area contributed by atoms with Gasteiger partial charge >= 0.3 is 0 Å². The molecule has 0 bridgehead atoms. The average Bonchev–Trinajstić information content (AvgIpc) is 3.34. The van der Waals surface area contributed by atoms with Crippen LogP contribution in [-0.2, 0) is 19.5 Å². The number of halogens is 1. The number of aromatic nitrogens is 2. The molecular formula is C28H26ClN5OS. The lowest BCUT2D eigenvalue weighted by atomic mass is 10.1. The second-order valence-corrected chi connectivity index (χ2v) is 9.10. The van der Waals surface area contributed by atoms with Crippen LogP contribution in [-0.4, -0.2) is 33.2 Å². The first kappa shape index (κ1) is 25.2. The Hall–Kier alpha value is -3.86. The van der Waals surface area contributed by atoms with Crippen molar-refractivity contribution in [1.82, 2.24) is 14.5 Å². The smallest absolute Gasteiger partial charge is 0.173 e. The lowest BCUT2D eigenvalue weighted by Crippen LogP contribution is -2.36. The Bertz CT molecular complexity index is 1350. The molecule has 0 unspecified atom stereocenters. The van der Waals surface area contributed by atoms with Crippen molar-refractivity contribution in [3.63, 3.8) is 0 Å². The Morgan fingerprint density at radius 2 is 1.89 bits per heavy atom. The molecule has 0 radical (unpaired) electrons. The average molecular weight is 516 g/mol. The van der Waals surface area contributed by atoms with Crippen molar-refractivity contribution in [3.8, 4) is 11.8 Å². The molecule has 0 aliphatic rings. The Labute approximate surface area is 221 Å². The van der Waals surface area contributed by atoms with Crippen LogP contribution in [0.15, 0.2) is 85.3 Å². The summed E-state index contributed by atoms with van der Waals surface area (Å²) in [6.45, 7) is 1.99. The molecule has 4 aromatic rings. The number of methoxy groups -OCH3 is 1. The minimum absolute atomic E-state index is 0.617. The molecule has 0 aliphatic carbocycles. The Balaban J connectivity index is 1.47. The number of benzene rings is 3. The molecule has 1 aromatic heterocycles. The van der Waals surface area contributed by atoms with E-state index in [4.69, 9.17) is 33.8 Å². The summed E-state index contributed by atoms with van der Waals surface area (Å²) in [5, 5.41) is 13.7. The number of nitrogens with zero attached hydrogens (tertiary/aromatic N) is 4. The van der Waals surface area contributed by atoms with Crippen molar-refractivity contribution in [2.45, 2.75) is 19.5 Å². The van der Waals surface area contributed by atoms with Crippen molar-refractivity contribution in [3.05, 3.63) is 113 Å². The lowest BCUT2D eigenvalue weighted by Gasteiger charge is -2.26. The van der Waals surface area contributed by atoms with E-state index in [-0.39, 0.29) is 0 Å². The van der Waals surface area contributed by atoms with Crippen molar-refractivity contribution in [1.29, 1.82) is 5.26 Å². The zero-order chi connectivity index (χ0) is 25.3. The molecule has 4 rings (SSSR count). The summed E-state index contributed by atoms with van der Waals surface area (Å²) >= 11 is 12.0. The van der Waals surface area contributed by atoms with Crippen LogP contribution in [0.5, 0.6) is 5.75 Å². The minimum Gasteiger partial charge on any atom is -0.497 e.